The van der Waals surface area contributed by atoms with E-state index in [0.29, 0.717) is 26.3 Å². The fourth-order valence-corrected chi connectivity index (χ4v) is 3.07. The Hall–Kier alpha value is -1.63. The predicted molar refractivity (Wildman–Crippen MR) is 87.7 cm³/mol. The maximum Gasteiger partial charge on any atom is 0.248 e. The van der Waals surface area contributed by atoms with E-state index < -0.39 is 0 Å². The summed E-state index contributed by atoms with van der Waals surface area (Å²) in [4.78, 5) is 14.2. The van der Waals surface area contributed by atoms with Crippen LogP contribution in [0.25, 0.3) is 0 Å². The first-order chi connectivity index (χ1) is 11.8. The smallest absolute Gasteiger partial charge is 0.248 e. The number of hydrogen-bond acceptors (Lipinski definition) is 5. The van der Waals surface area contributed by atoms with Gasteiger partial charge in [-0.3, -0.25) is 4.79 Å². The number of ether oxygens (including phenoxy) is 3. The van der Waals surface area contributed by atoms with Crippen LogP contribution in [0, 0.1) is 0 Å². The third kappa shape index (κ3) is 4.47. The van der Waals surface area contributed by atoms with Crippen LogP contribution in [0.3, 0.4) is 0 Å². The molecule has 1 N–H and O–H groups in total. The summed E-state index contributed by atoms with van der Waals surface area (Å²) in [6, 6.07) is 5.58. The van der Waals surface area contributed by atoms with E-state index in [0.717, 1.165) is 42.7 Å². The molecule has 2 aliphatic rings. The summed E-state index contributed by atoms with van der Waals surface area (Å²) in [6.45, 7) is 2.77. The van der Waals surface area contributed by atoms with Gasteiger partial charge >= 0.3 is 0 Å². The maximum atomic E-state index is 12.4. The number of nitrogens with zero attached hydrogens (tertiary/aromatic N) is 1. The molecule has 1 aromatic carbocycles. The van der Waals surface area contributed by atoms with Gasteiger partial charge in [0.05, 0.1) is 25.9 Å². The second kappa shape index (κ2) is 8.46. The van der Waals surface area contributed by atoms with Gasteiger partial charge in [-0.15, -0.1) is 0 Å². The molecule has 132 valence electrons. The Morgan fingerprint density at radius 1 is 1.33 bits per heavy atom. The van der Waals surface area contributed by atoms with Crippen molar-refractivity contribution in [1.82, 2.24) is 4.90 Å². The Kier molecular flexibility index (Phi) is 6.07. The van der Waals surface area contributed by atoms with Crippen molar-refractivity contribution in [3.05, 3.63) is 29.3 Å². The van der Waals surface area contributed by atoms with Crippen molar-refractivity contribution in [3.8, 4) is 5.75 Å². The fourth-order valence-electron chi connectivity index (χ4n) is 3.07. The largest absolute Gasteiger partial charge is 0.491 e. The van der Waals surface area contributed by atoms with E-state index in [2.05, 4.69) is 0 Å². The number of aliphatic hydroxyl groups is 1. The number of aliphatic hydroxyl groups excluding tert-OH is 1. The summed E-state index contributed by atoms with van der Waals surface area (Å²) in [6.07, 6.45) is 3.39. The molecule has 1 fully saturated rings. The lowest BCUT2D eigenvalue weighted by Gasteiger charge is -2.23. The van der Waals surface area contributed by atoms with E-state index >= 15 is 0 Å². The lowest BCUT2D eigenvalue weighted by Crippen LogP contribution is -2.36. The number of benzene rings is 1. The van der Waals surface area contributed by atoms with Crippen LogP contribution in [0.2, 0.25) is 0 Å². The van der Waals surface area contributed by atoms with Gasteiger partial charge in [0.2, 0.25) is 5.91 Å². The maximum absolute atomic E-state index is 12.4. The number of hydrogen-bond donors (Lipinski definition) is 1. The molecule has 0 aliphatic carbocycles. The minimum atomic E-state index is -0.0448. The third-order valence-corrected chi connectivity index (χ3v) is 4.44. The molecule has 24 heavy (non-hydrogen) atoms. The van der Waals surface area contributed by atoms with Crippen LogP contribution >= 0.6 is 0 Å². The average Bonchev–Trinajstić information content (AvgIpc) is 2.84. The number of carbonyl (C=O) groups is 1. The summed E-state index contributed by atoms with van der Waals surface area (Å²) < 4.78 is 16.9. The lowest BCUT2D eigenvalue weighted by molar-refractivity contribution is -0.139. The lowest BCUT2D eigenvalue weighted by atomic mass is 10.1. The molecule has 3 rings (SSSR count). The summed E-state index contributed by atoms with van der Waals surface area (Å²) in [5, 5.41) is 9.27. The Morgan fingerprint density at radius 3 is 3.04 bits per heavy atom. The molecule has 0 unspecified atom stereocenters. The molecule has 2 heterocycles. The van der Waals surface area contributed by atoms with Crippen LogP contribution in [0.4, 0.5) is 0 Å². The molecule has 0 bridgehead atoms. The standard InChI is InChI=1S/C18H25NO5/c20-11-14-4-5-17-15(9-14)10-19(6-8-24-17)18(21)13-22-12-16-3-1-2-7-23-16/h4-5,9,16,20H,1-3,6-8,10-13H2/t16-/m1/s1. The van der Waals surface area contributed by atoms with Gasteiger partial charge in [0.1, 0.15) is 19.0 Å². The van der Waals surface area contributed by atoms with Gasteiger partial charge in [-0.1, -0.05) is 6.07 Å². The van der Waals surface area contributed by atoms with E-state index in [1.165, 1.54) is 0 Å². The molecular formula is C18H25NO5. The first-order valence-corrected chi connectivity index (χ1v) is 8.59. The van der Waals surface area contributed by atoms with Gasteiger partial charge < -0.3 is 24.2 Å². The highest BCUT2D eigenvalue weighted by Crippen LogP contribution is 2.24. The zero-order valence-electron chi connectivity index (χ0n) is 13.9. The molecule has 0 spiro atoms. The van der Waals surface area contributed by atoms with Crippen LogP contribution in [-0.4, -0.2) is 55.0 Å². The van der Waals surface area contributed by atoms with Gasteiger partial charge in [0, 0.05) is 18.7 Å². The number of carbonyl (C=O) groups excluding carboxylic acids is 1. The van der Waals surface area contributed by atoms with E-state index in [-0.39, 0.29) is 25.2 Å². The minimum absolute atomic E-state index is 0.0221. The molecule has 1 amide bonds. The van der Waals surface area contributed by atoms with Crippen LogP contribution in [-0.2, 0) is 27.4 Å². The third-order valence-electron chi connectivity index (χ3n) is 4.44. The van der Waals surface area contributed by atoms with Crippen molar-refractivity contribution in [2.45, 2.75) is 38.5 Å². The minimum Gasteiger partial charge on any atom is -0.491 e. The Labute approximate surface area is 142 Å². The zero-order chi connectivity index (χ0) is 16.8. The molecule has 2 aliphatic heterocycles. The molecule has 1 atom stereocenters. The van der Waals surface area contributed by atoms with Crippen molar-refractivity contribution in [2.24, 2.45) is 0 Å². The molecule has 0 aromatic heterocycles. The van der Waals surface area contributed by atoms with Gasteiger partial charge in [-0.2, -0.15) is 0 Å². The molecule has 1 aromatic rings. The number of amides is 1. The van der Waals surface area contributed by atoms with E-state index in [1.54, 1.807) is 4.90 Å². The Morgan fingerprint density at radius 2 is 2.25 bits per heavy atom. The van der Waals surface area contributed by atoms with Gasteiger partial charge in [0.15, 0.2) is 0 Å². The van der Waals surface area contributed by atoms with Crippen LogP contribution in [0.5, 0.6) is 5.75 Å². The topological polar surface area (TPSA) is 68.2 Å². The first-order valence-electron chi connectivity index (χ1n) is 8.59. The quantitative estimate of drug-likeness (QED) is 0.883. The summed E-state index contributed by atoms with van der Waals surface area (Å²) >= 11 is 0. The highest BCUT2D eigenvalue weighted by Gasteiger charge is 2.21. The molecule has 0 radical (unpaired) electrons. The van der Waals surface area contributed by atoms with E-state index in [4.69, 9.17) is 14.2 Å². The fraction of sp³-hybridized carbons (Fsp3) is 0.611. The van der Waals surface area contributed by atoms with Crippen molar-refractivity contribution in [3.63, 3.8) is 0 Å². The number of fused-ring (bicyclic) bond motifs is 1. The monoisotopic (exact) mass is 335 g/mol. The summed E-state index contributed by atoms with van der Waals surface area (Å²) in [5.41, 5.74) is 1.74. The van der Waals surface area contributed by atoms with E-state index in [9.17, 15) is 9.90 Å². The second-order valence-electron chi connectivity index (χ2n) is 6.27. The van der Waals surface area contributed by atoms with E-state index in [1.807, 2.05) is 18.2 Å². The van der Waals surface area contributed by atoms with Crippen molar-refractivity contribution < 1.29 is 24.1 Å². The highest BCUT2D eigenvalue weighted by atomic mass is 16.5. The van der Waals surface area contributed by atoms with Crippen LogP contribution in [0.1, 0.15) is 30.4 Å². The SMILES string of the molecule is O=C(COC[C@H]1CCCCO1)N1CCOc2ccc(CO)cc2C1. The predicted octanol–water partition coefficient (Wildman–Crippen LogP) is 1.49. The zero-order valence-corrected chi connectivity index (χ0v) is 13.9. The van der Waals surface area contributed by atoms with Crippen molar-refractivity contribution in [2.75, 3.05) is 33.0 Å². The molecule has 6 heteroatoms. The molecule has 0 saturated carbocycles. The van der Waals surface area contributed by atoms with Crippen molar-refractivity contribution in [1.29, 1.82) is 0 Å². The average molecular weight is 335 g/mol. The summed E-state index contributed by atoms with van der Waals surface area (Å²) in [7, 11) is 0. The first kappa shape index (κ1) is 17.2. The molecule has 6 nitrogen and oxygen atoms in total. The second-order valence-corrected chi connectivity index (χ2v) is 6.27. The normalized spacial score (nSPS) is 20.9. The Bertz CT molecular complexity index is 556. The van der Waals surface area contributed by atoms with Crippen molar-refractivity contribution >= 4 is 5.91 Å². The highest BCUT2D eigenvalue weighted by molar-refractivity contribution is 5.77. The number of rotatable bonds is 5. The molecular weight excluding hydrogens is 310 g/mol. The summed E-state index contributed by atoms with van der Waals surface area (Å²) in [5.74, 6) is 0.732. The molecule has 1 saturated heterocycles. The Balaban J connectivity index is 1.52. The van der Waals surface area contributed by atoms with Gasteiger partial charge in [-0.25, -0.2) is 0 Å². The van der Waals surface area contributed by atoms with Crippen LogP contribution in [0.15, 0.2) is 18.2 Å². The van der Waals surface area contributed by atoms with Crippen LogP contribution < -0.4 is 4.74 Å². The van der Waals surface area contributed by atoms with Gasteiger partial charge in [-0.05, 0) is 37.0 Å². The van der Waals surface area contributed by atoms with Gasteiger partial charge in [0.25, 0.3) is 0 Å².